The van der Waals surface area contributed by atoms with Crippen molar-refractivity contribution in [3.8, 4) is 10.4 Å². The minimum Gasteiger partial charge on any atom is -0.298 e. The maximum Gasteiger partial charge on any atom is 0.257 e. The number of benzene rings is 2. The molecule has 22 heavy (non-hydrogen) atoms. The lowest BCUT2D eigenvalue weighted by Gasteiger charge is -2.02. The second-order valence-corrected chi connectivity index (χ2v) is 5.51. The second-order valence-electron chi connectivity index (χ2n) is 4.48. The van der Waals surface area contributed by atoms with Crippen molar-refractivity contribution in [1.82, 2.24) is 4.98 Å². The van der Waals surface area contributed by atoms with Crippen molar-refractivity contribution < 1.29 is 13.6 Å². The van der Waals surface area contributed by atoms with Gasteiger partial charge in [0.15, 0.2) is 16.8 Å². The minimum atomic E-state index is -1.06. The molecule has 6 heteroatoms. The molecule has 3 nitrogen and oxygen atoms in total. The number of hydrogen-bond acceptors (Lipinski definition) is 3. The van der Waals surface area contributed by atoms with Gasteiger partial charge in [-0.05, 0) is 23.8 Å². The van der Waals surface area contributed by atoms with Gasteiger partial charge in [0.2, 0.25) is 0 Å². The highest BCUT2D eigenvalue weighted by Gasteiger charge is 2.12. The van der Waals surface area contributed by atoms with Gasteiger partial charge in [0, 0.05) is 11.8 Å². The summed E-state index contributed by atoms with van der Waals surface area (Å²) in [4.78, 5) is 17.0. The lowest BCUT2D eigenvalue weighted by molar-refractivity contribution is 0.102. The quantitative estimate of drug-likeness (QED) is 0.781. The third-order valence-electron chi connectivity index (χ3n) is 2.97. The van der Waals surface area contributed by atoms with Crippen LogP contribution in [0.1, 0.15) is 10.4 Å². The highest BCUT2D eigenvalue weighted by Crippen LogP contribution is 2.28. The summed E-state index contributed by atoms with van der Waals surface area (Å²) in [7, 11) is 0. The summed E-state index contributed by atoms with van der Waals surface area (Å²) in [5.41, 5.74) is 1.03. The number of hydrogen-bond donors (Lipinski definition) is 1. The topological polar surface area (TPSA) is 42.0 Å². The molecule has 0 aliphatic heterocycles. The van der Waals surface area contributed by atoms with Crippen LogP contribution in [0.25, 0.3) is 10.4 Å². The van der Waals surface area contributed by atoms with Gasteiger partial charge in [0.05, 0.1) is 4.88 Å². The van der Waals surface area contributed by atoms with Crippen LogP contribution in [0, 0.1) is 11.6 Å². The molecule has 0 atom stereocenters. The van der Waals surface area contributed by atoms with E-state index in [1.165, 1.54) is 17.4 Å². The largest absolute Gasteiger partial charge is 0.298 e. The van der Waals surface area contributed by atoms with Gasteiger partial charge in [0.1, 0.15) is 0 Å². The van der Waals surface area contributed by atoms with Crippen molar-refractivity contribution in [3.63, 3.8) is 0 Å². The van der Waals surface area contributed by atoms with E-state index < -0.39 is 17.5 Å². The van der Waals surface area contributed by atoms with Crippen LogP contribution in [0.2, 0.25) is 0 Å². The Hall–Kier alpha value is -2.60. The first-order valence-electron chi connectivity index (χ1n) is 6.41. The maximum atomic E-state index is 13.1. The highest BCUT2D eigenvalue weighted by atomic mass is 32.1. The molecular formula is C16H10F2N2OS. The summed E-state index contributed by atoms with van der Waals surface area (Å²) >= 11 is 1.31. The molecule has 0 aliphatic rings. The SMILES string of the molecule is O=C(Nc1ncc(-c2ccccc2)s1)c1ccc(F)c(F)c1. The monoisotopic (exact) mass is 316 g/mol. The third-order valence-corrected chi connectivity index (χ3v) is 3.93. The maximum absolute atomic E-state index is 13.1. The van der Waals surface area contributed by atoms with Crippen molar-refractivity contribution in [2.24, 2.45) is 0 Å². The van der Waals surface area contributed by atoms with Crippen LogP contribution < -0.4 is 5.32 Å². The molecule has 0 radical (unpaired) electrons. The molecule has 1 heterocycles. The Morgan fingerprint density at radius 1 is 1.05 bits per heavy atom. The highest BCUT2D eigenvalue weighted by molar-refractivity contribution is 7.19. The van der Waals surface area contributed by atoms with E-state index >= 15 is 0 Å². The Kier molecular flexibility index (Phi) is 3.93. The molecular weight excluding hydrogens is 306 g/mol. The van der Waals surface area contributed by atoms with Crippen LogP contribution in [0.4, 0.5) is 13.9 Å². The Balaban J connectivity index is 1.77. The Labute approximate surface area is 129 Å². The summed E-state index contributed by atoms with van der Waals surface area (Å²) in [6.07, 6.45) is 1.65. The molecule has 0 bridgehead atoms. The fourth-order valence-electron chi connectivity index (χ4n) is 1.87. The molecule has 0 unspecified atom stereocenters. The number of amides is 1. The fourth-order valence-corrected chi connectivity index (χ4v) is 2.69. The van der Waals surface area contributed by atoms with Crippen molar-refractivity contribution >= 4 is 22.4 Å². The predicted octanol–water partition coefficient (Wildman–Crippen LogP) is 4.34. The zero-order valence-corrected chi connectivity index (χ0v) is 12.0. The van der Waals surface area contributed by atoms with Crippen LogP contribution in [0.15, 0.2) is 54.7 Å². The van der Waals surface area contributed by atoms with Crippen molar-refractivity contribution in [2.75, 3.05) is 5.32 Å². The molecule has 3 aromatic rings. The van der Waals surface area contributed by atoms with Crippen LogP contribution >= 0.6 is 11.3 Å². The van der Waals surface area contributed by atoms with E-state index in [0.29, 0.717) is 5.13 Å². The van der Waals surface area contributed by atoms with Gasteiger partial charge in [-0.1, -0.05) is 41.7 Å². The average Bonchev–Trinajstić information content (AvgIpc) is 2.99. The van der Waals surface area contributed by atoms with E-state index in [9.17, 15) is 13.6 Å². The van der Waals surface area contributed by atoms with Gasteiger partial charge in [-0.25, -0.2) is 13.8 Å². The standard InChI is InChI=1S/C16H10F2N2OS/c17-12-7-6-11(8-13(12)18)15(21)20-16-19-9-14(22-16)10-4-2-1-3-5-10/h1-9H,(H,19,20,21). The molecule has 1 N–H and O–H groups in total. The van der Waals surface area contributed by atoms with Gasteiger partial charge in [0.25, 0.3) is 5.91 Å². The van der Waals surface area contributed by atoms with Gasteiger partial charge in [-0.15, -0.1) is 0 Å². The number of halogens is 2. The Morgan fingerprint density at radius 2 is 1.82 bits per heavy atom. The van der Waals surface area contributed by atoms with Crippen LogP contribution in [0.5, 0.6) is 0 Å². The number of rotatable bonds is 3. The van der Waals surface area contributed by atoms with Crippen LogP contribution in [-0.4, -0.2) is 10.9 Å². The molecule has 0 aliphatic carbocycles. The Bertz CT molecular complexity index is 818. The van der Waals surface area contributed by atoms with Crippen molar-refractivity contribution in [2.45, 2.75) is 0 Å². The van der Waals surface area contributed by atoms with Crippen molar-refractivity contribution in [3.05, 3.63) is 71.9 Å². The van der Waals surface area contributed by atoms with Gasteiger partial charge >= 0.3 is 0 Å². The second kappa shape index (κ2) is 6.03. The van der Waals surface area contributed by atoms with E-state index in [4.69, 9.17) is 0 Å². The molecule has 1 amide bonds. The normalized spacial score (nSPS) is 10.5. The first kappa shape index (κ1) is 14.3. The first-order chi connectivity index (χ1) is 10.6. The van der Waals surface area contributed by atoms with Gasteiger partial charge < -0.3 is 0 Å². The molecule has 2 aromatic carbocycles. The van der Waals surface area contributed by atoms with E-state index in [-0.39, 0.29) is 5.56 Å². The van der Waals surface area contributed by atoms with Gasteiger partial charge in [-0.3, -0.25) is 10.1 Å². The molecule has 0 spiro atoms. The average molecular weight is 316 g/mol. The third kappa shape index (κ3) is 3.01. The molecule has 0 fully saturated rings. The summed E-state index contributed by atoms with van der Waals surface area (Å²) in [5.74, 6) is -2.58. The zero-order valence-electron chi connectivity index (χ0n) is 11.2. The number of thiazole rings is 1. The summed E-state index contributed by atoms with van der Waals surface area (Å²) in [6, 6.07) is 12.6. The summed E-state index contributed by atoms with van der Waals surface area (Å²) < 4.78 is 26.0. The summed E-state index contributed by atoms with van der Waals surface area (Å²) in [6.45, 7) is 0. The number of nitrogens with zero attached hydrogens (tertiary/aromatic N) is 1. The number of aromatic nitrogens is 1. The zero-order chi connectivity index (χ0) is 15.5. The van der Waals surface area contributed by atoms with Gasteiger partial charge in [-0.2, -0.15) is 0 Å². The molecule has 0 saturated heterocycles. The van der Waals surface area contributed by atoms with E-state index in [0.717, 1.165) is 22.6 Å². The molecule has 0 saturated carbocycles. The molecule has 3 rings (SSSR count). The fraction of sp³-hybridized carbons (Fsp3) is 0. The smallest absolute Gasteiger partial charge is 0.257 e. The summed E-state index contributed by atoms with van der Waals surface area (Å²) in [5, 5.41) is 2.97. The first-order valence-corrected chi connectivity index (χ1v) is 7.23. The number of carbonyl (C=O) groups excluding carboxylic acids is 1. The molecule has 110 valence electrons. The lowest BCUT2D eigenvalue weighted by atomic mass is 10.2. The number of nitrogens with one attached hydrogen (secondary N) is 1. The van der Waals surface area contributed by atoms with E-state index in [2.05, 4.69) is 10.3 Å². The van der Waals surface area contributed by atoms with Crippen molar-refractivity contribution in [1.29, 1.82) is 0 Å². The molecule has 1 aromatic heterocycles. The van der Waals surface area contributed by atoms with E-state index in [1.54, 1.807) is 6.20 Å². The minimum absolute atomic E-state index is 0.0374. The Morgan fingerprint density at radius 3 is 2.55 bits per heavy atom. The van der Waals surface area contributed by atoms with Crippen LogP contribution in [-0.2, 0) is 0 Å². The number of anilines is 1. The lowest BCUT2D eigenvalue weighted by Crippen LogP contribution is -2.12. The van der Waals surface area contributed by atoms with E-state index in [1.807, 2.05) is 30.3 Å². The number of carbonyl (C=O) groups is 1. The predicted molar refractivity (Wildman–Crippen MR) is 81.9 cm³/mol. The van der Waals surface area contributed by atoms with Crippen LogP contribution in [0.3, 0.4) is 0 Å².